The minimum atomic E-state index is -0.557. The Morgan fingerprint density at radius 2 is 1.76 bits per heavy atom. The smallest absolute Gasteiger partial charge is 0.347 e. The van der Waals surface area contributed by atoms with Crippen LogP contribution in [0.2, 0.25) is 0 Å². The van der Waals surface area contributed by atoms with Crippen LogP contribution in [-0.2, 0) is 11.2 Å². The third-order valence-corrected chi connectivity index (χ3v) is 4.05. The minimum absolute atomic E-state index is 0.290. The molecule has 1 aromatic carbocycles. The van der Waals surface area contributed by atoms with Crippen LogP contribution in [0.25, 0.3) is 5.82 Å². The minimum Gasteiger partial charge on any atom is -0.480 e. The SMILES string of the molecule is CCOC(=O)c1ccc(OC(=O)c2cnn(-c3ccc(OC)nn3)c2CC)cc1. The third-order valence-electron chi connectivity index (χ3n) is 4.05. The molecular formula is C20H20N4O5. The van der Waals surface area contributed by atoms with E-state index < -0.39 is 11.9 Å². The van der Waals surface area contributed by atoms with Crippen molar-refractivity contribution in [3.8, 4) is 17.4 Å². The van der Waals surface area contributed by atoms with Gasteiger partial charge in [-0.3, -0.25) is 0 Å². The lowest BCUT2D eigenvalue weighted by atomic mass is 10.2. The zero-order valence-electron chi connectivity index (χ0n) is 16.3. The third kappa shape index (κ3) is 4.40. The van der Waals surface area contributed by atoms with Gasteiger partial charge in [-0.1, -0.05) is 6.92 Å². The number of nitrogens with zero attached hydrogens (tertiary/aromatic N) is 4. The summed E-state index contributed by atoms with van der Waals surface area (Å²) in [5.41, 5.74) is 1.34. The molecule has 9 heteroatoms. The number of carbonyl (C=O) groups excluding carboxylic acids is 2. The van der Waals surface area contributed by atoms with Crippen molar-refractivity contribution in [2.45, 2.75) is 20.3 Å². The van der Waals surface area contributed by atoms with Crippen molar-refractivity contribution in [2.24, 2.45) is 0 Å². The second-order valence-corrected chi connectivity index (χ2v) is 5.84. The molecule has 2 heterocycles. The van der Waals surface area contributed by atoms with Crippen LogP contribution in [0.1, 0.15) is 40.3 Å². The summed E-state index contributed by atoms with van der Waals surface area (Å²) in [5.74, 6) is 0.159. The molecule has 29 heavy (non-hydrogen) atoms. The van der Waals surface area contributed by atoms with E-state index in [4.69, 9.17) is 14.2 Å². The summed E-state index contributed by atoms with van der Waals surface area (Å²) in [6.45, 7) is 3.92. The van der Waals surface area contributed by atoms with E-state index in [1.807, 2.05) is 6.92 Å². The number of methoxy groups -OCH3 is 1. The maximum Gasteiger partial charge on any atom is 0.347 e. The first-order valence-electron chi connectivity index (χ1n) is 9.01. The van der Waals surface area contributed by atoms with Gasteiger partial charge in [0, 0.05) is 6.07 Å². The fourth-order valence-electron chi connectivity index (χ4n) is 2.65. The Hall–Kier alpha value is -3.75. The highest BCUT2D eigenvalue weighted by atomic mass is 16.5. The van der Waals surface area contributed by atoms with Crippen molar-refractivity contribution in [3.05, 3.63) is 59.4 Å². The molecule has 9 nitrogen and oxygen atoms in total. The molecule has 0 spiro atoms. The van der Waals surface area contributed by atoms with Crippen LogP contribution in [0.15, 0.2) is 42.6 Å². The Morgan fingerprint density at radius 1 is 1.00 bits per heavy atom. The van der Waals surface area contributed by atoms with Gasteiger partial charge in [0.25, 0.3) is 0 Å². The van der Waals surface area contributed by atoms with Gasteiger partial charge in [0.2, 0.25) is 5.88 Å². The summed E-state index contributed by atoms with van der Waals surface area (Å²) in [6, 6.07) is 9.51. The second-order valence-electron chi connectivity index (χ2n) is 5.84. The molecule has 0 bridgehead atoms. The summed E-state index contributed by atoms with van der Waals surface area (Å²) in [7, 11) is 1.50. The summed E-state index contributed by atoms with van der Waals surface area (Å²) < 4.78 is 16.9. The van der Waals surface area contributed by atoms with E-state index in [1.165, 1.54) is 42.3 Å². The molecule has 0 aliphatic heterocycles. The maximum atomic E-state index is 12.6. The summed E-state index contributed by atoms with van der Waals surface area (Å²) in [6.07, 6.45) is 1.96. The topological polar surface area (TPSA) is 105 Å². The molecule has 0 unspecified atom stereocenters. The zero-order valence-corrected chi connectivity index (χ0v) is 16.3. The molecule has 150 valence electrons. The van der Waals surface area contributed by atoms with Crippen molar-refractivity contribution >= 4 is 11.9 Å². The molecule has 2 aromatic heterocycles. The Labute approximate surface area is 167 Å². The number of ether oxygens (including phenoxy) is 3. The lowest BCUT2D eigenvalue weighted by molar-refractivity contribution is 0.0526. The fourth-order valence-corrected chi connectivity index (χ4v) is 2.65. The maximum absolute atomic E-state index is 12.6. The molecule has 3 rings (SSSR count). The number of hydrogen-bond acceptors (Lipinski definition) is 8. The summed E-state index contributed by atoms with van der Waals surface area (Å²) in [4.78, 5) is 24.3. The molecule has 0 radical (unpaired) electrons. The van der Waals surface area contributed by atoms with E-state index in [2.05, 4.69) is 15.3 Å². The van der Waals surface area contributed by atoms with Crippen LogP contribution in [0.4, 0.5) is 0 Å². The quantitative estimate of drug-likeness (QED) is 0.443. The molecule has 0 saturated heterocycles. The standard InChI is InChI=1S/C20H20N4O5/c1-4-16-15(12-21-24(16)17-10-11-18(27-3)23-22-17)20(26)29-14-8-6-13(7-9-14)19(25)28-5-2/h6-12H,4-5H2,1-3H3. The number of aromatic nitrogens is 4. The van der Waals surface area contributed by atoms with Crippen molar-refractivity contribution in [1.29, 1.82) is 0 Å². The van der Waals surface area contributed by atoms with Crippen molar-refractivity contribution in [1.82, 2.24) is 20.0 Å². The van der Waals surface area contributed by atoms with Crippen LogP contribution < -0.4 is 9.47 Å². The Balaban J connectivity index is 1.79. The number of hydrogen-bond donors (Lipinski definition) is 0. The van der Waals surface area contributed by atoms with E-state index >= 15 is 0 Å². The largest absolute Gasteiger partial charge is 0.480 e. The van der Waals surface area contributed by atoms with E-state index in [0.717, 1.165) is 0 Å². The van der Waals surface area contributed by atoms with Gasteiger partial charge in [0.05, 0.1) is 31.2 Å². The van der Waals surface area contributed by atoms with Crippen LogP contribution >= 0.6 is 0 Å². The molecule has 0 atom stereocenters. The van der Waals surface area contributed by atoms with Crippen molar-refractivity contribution in [2.75, 3.05) is 13.7 Å². The number of rotatable bonds is 7. The van der Waals surface area contributed by atoms with Gasteiger partial charge in [-0.15, -0.1) is 10.2 Å². The summed E-state index contributed by atoms with van der Waals surface area (Å²) in [5, 5.41) is 12.2. The van der Waals surface area contributed by atoms with Crippen LogP contribution in [0.5, 0.6) is 11.6 Å². The van der Waals surface area contributed by atoms with Gasteiger partial charge in [-0.2, -0.15) is 5.10 Å². The Morgan fingerprint density at radius 3 is 2.34 bits per heavy atom. The van der Waals surface area contributed by atoms with Gasteiger partial charge < -0.3 is 14.2 Å². The normalized spacial score (nSPS) is 10.4. The van der Waals surface area contributed by atoms with Gasteiger partial charge in [0.1, 0.15) is 11.3 Å². The van der Waals surface area contributed by atoms with Crippen LogP contribution in [-0.4, -0.2) is 45.6 Å². The molecule has 0 N–H and O–H groups in total. The Bertz CT molecular complexity index is 997. The molecule has 0 aliphatic carbocycles. The van der Waals surface area contributed by atoms with E-state index in [0.29, 0.717) is 40.7 Å². The highest BCUT2D eigenvalue weighted by molar-refractivity contribution is 5.92. The van der Waals surface area contributed by atoms with Crippen molar-refractivity contribution in [3.63, 3.8) is 0 Å². The fraction of sp³-hybridized carbons (Fsp3) is 0.250. The average molecular weight is 396 g/mol. The highest BCUT2D eigenvalue weighted by Crippen LogP contribution is 2.19. The molecule has 0 amide bonds. The molecule has 0 saturated carbocycles. The average Bonchev–Trinajstić information content (AvgIpc) is 3.18. The first-order valence-corrected chi connectivity index (χ1v) is 9.01. The second kappa shape index (κ2) is 8.96. The lowest BCUT2D eigenvalue weighted by Crippen LogP contribution is -2.12. The molecule has 0 aliphatic rings. The lowest BCUT2D eigenvalue weighted by Gasteiger charge is -2.08. The van der Waals surface area contributed by atoms with Gasteiger partial charge >= 0.3 is 11.9 Å². The monoisotopic (exact) mass is 396 g/mol. The highest BCUT2D eigenvalue weighted by Gasteiger charge is 2.20. The number of benzene rings is 1. The first-order chi connectivity index (χ1) is 14.1. The number of esters is 2. The zero-order chi connectivity index (χ0) is 20.8. The predicted octanol–water partition coefficient (Wildman–Crippen LogP) is 2.63. The molecule has 3 aromatic rings. The van der Waals surface area contributed by atoms with Gasteiger partial charge in [-0.05, 0) is 43.7 Å². The Kier molecular flexibility index (Phi) is 6.18. The van der Waals surface area contributed by atoms with E-state index in [9.17, 15) is 9.59 Å². The van der Waals surface area contributed by atoms with Crippen LogP contribution in [0.3, 0.4) is 0 Å². The van der Waals surface area contributed by atoms with Gasteiger partial charge in [-0.25, -0.2) is 14.3 Å². The van der Waals surface area contributed by atoms with Crippen LogP contribution in [0, 0.1) is 0 Å². The first kappa shape index (κ1) is 20.0. The van der Waals surface area contributed by atoms with Gasteiger partial charge in [0.15, 0.2) is 5.82 Å². The van der Waals surface area contributed by atoms with Crippen molar-refractivity contribution < 1.29 is 23.8 Å². The van der Waals surface area contributed by atoms with E-state index in [-0.39, 0.29) is 6.61 Å². The molecular weight excluding hydrogens is 376 g/mol. The molecule has 0 fully saturated rings. The summed E-state index contributed by atoms with van der Waals surface area (Å²) >= 11 is 0. The number of carbonyl (C=O) groups is 2. The predicted molar refractivity (Wildman–Crippen MR) is 102 cm³/mol. The van der Waals surface area contributed by atoms with E-state index in [1.54, 1.807) is 19.1 Å².